The second kappa shape index (κ2) is 7.72. The van der Waals surface area contributed by atoms with E-state index in [0.717, 1.165) is 0 Å². The molecule has 0 fully saturated rings. The average Bonchev–Trinajstić information content (AvgIpc) is 2.97. The molecule has 0 aliphatic rings. The molecule has 0 saturated carbocycles. The lowest BCUT2D eigenvalue weighted by Gasteiger charge is -2.09. The van der Waals surface area contributed by atoms with E-state index in [-0.39, 0.29) is 16.7 Å². The van der Waals surface area contributed by atoms with E-state index in [1.54, 1.807) is 12.1 Å². The van der Waals surface area contributed by atoms with Crippen molar-refractivity contribution in [3.8, 4) is 11.3 Å². The molecular formula is C15H14ClN5O4S2. The molecule has 0 radical (unpaired) electrons. The molecule has 3 N–H and O–H groups in total. The maximum atomic E-state index is 11.9. The summed E-state index contributed by atoms with van der Waals surface area (Å²) in [5.41, 5.74) is 1.79. The third kappa shape index (κ3) is 4.69. The van der Waals surface area contributed by atoms with Gasteiger partial charge in [0.25, 0.3) is 0 Å². The van der Waals surface area contributed by atoms with Gasteiger partial charge < -0.3 is 10.4 Å². The summed E-state index contributed by atoms with van der Waals surface area (Å²) in [6, 6.07) is 4.95. The zero-order valence-corrected chi connectivity index (χ0v) is 16.3. The first-order chi connectivity index (χ1) is 12.8. The van der Waals surface area contributed by atoms with Gasteiger partial charge in [0.2, 0.25) is 15.9 Å². The van der Waals surface area contributed by atoms with Crippen molar-refractivity contribution in [2.45, 2.75) is 6.92 Å². The number of carbonyl (C=O) groups excluding carboxylic acids is 1. The number of rotatable bonds is 6. The SMILES string of the molecule is CC(=O)Nc1nc2ccc(-c3cnc(Cl)c(NS(=O)(=O)CCO)c3)nc2s1. The molecule has 142 valence electrons. The van der Waals surface area contributed by atoms with Crippen molar-refractivity contribution in [3.63, 3.8) is 0 Å². The second-order valence-corrected chi connectivity index (χ2v) is 8.61. The van der Waals surface area contributed by atoms with Crippen LogP contribution in [0.4, 0.5) is 10.8 Å². The number of anilines is 2. The van der Waals surface area contributed by atoms with Crippen LogP contribution < -0.4 is 10.0 Å². The van der Waals surface area contributed by atoms with Gasteiger partial charge in [-0.1, -0.05) is 22.9 Å². The van der Waals surface area contributed by atoms with Crippen LogP contribution in [0.25, 0.3) is 21.6 Å². The minimum Gasteiger partial charge on any atom is -0.395 e. The van der Waals surface area contributed by atoms with E-state index in [2.05, 4.69) is 25.0 Å². The Labute approximate surface area is 163 Å². The number of nitrogens with zero attached hydrogens (tertiary/aromatic N) is 3. The molecule has 0 unspecified atom stereocenters. The number of thiazole rings is 1. The summed E-state index contributed by atoms with van der Waals surface area (Å²) in [7, 11) is -3.74. The van der Waals surface area contributed by atoms with E-state index in [1.807, 2.05) is 0 Å². The Morgan fingerprint density at radius 2 is 2.11 bits per heavy atom. The van der Waals surface area contributed by atoms with E-state index in [0.29, 0.717) is 26.7 Å². The van der Waals surface area contributed by atoms with Crippen molar-refractivity contribution in [1.82, 2.24) is 15.0 Å². The van der Waals surface area contributed by atoms with Crippen molar-refractivity contribution in [1.29, 1.82) is 0 Å². The summed E-state index contributed by atoms with van der Waals surface area (Å²) < 4.78 is 26.0. The summed E-state index contributed by atoms with van der Waals surface area (Å²) in [6.07, 6.45) is 1.47. The normalized spacial score (nSPS) is 11.5. The Balaban J connectivity index is 1.96. The molecule has 27 heavy (non-hydrogen) atoms. The monoisotopic (exact) mass is 427 g/mol. The zero-order chi connectivity index (χ0) is 19.6. The standard InChI is InChI=1S/C15H14ClN5O4S2/c1-8(23)18-15-20-11-3-2-10(19-14(11)26-15)9-6-12(13(16)17-7-9)21-27(24,25)5-4-22/h2-3,6-7,21-22H,4-5H2,1H3,(H,18,20,23). The van der Waals surface area contributed by atoms with E-state index in [4.69, 9.17) is 16.7 Å². The summed E-state index contributed by atoms with van der Waals surface area (Å²) in [5, 5.41) is 11.9. The van der Waals surface area contributed by atoms with Gasteiger partial charge in [-0.2, -0.15) is 0 Å². The lowest BCUT2D eigenvalue weighted by atomic mass is 10.2. The molecule has 0 bridgehead atoms. The van der Waals surface area contributed by atoms with Gasteiger partial charge in [-0.05, 0) is 18.2 Å². The summed E-state index contributed by atoms with van der Waals surface area (Å²) >= 11 is 7.19. The maximum absolute atomic E-state index is 11.9. The molecule has 12 heteroatoms. The average molecular weight is 428 g/mol. The summed E-state index contributed by atoms with van der Waals surface area (Å²) in [6.45, 7) is 0.879. The number of hydrogen-bond acceptors (Lipinski definition) is 8. The van der Waals surface area contributed by atoms with Gasteiger partial charge in [-0.15, -0.1) is 0 Å². The molecule has 0 aliphatic carbocycles. The first kappa shape index (κ1) is 19.4. The first-order valence-electron chi connectivity index (χ1n) is 7.60. The highest BCUT2D eigenvalue weighted by atomic mass is 35.5. The van der Waals surface area contributed by atoms with Crippen molar-refractivity contribution in [2.75, 3.05) is 22.4 Å². The van der Waals surface area contributed by atoms with Gasteiger partial charge in [0, 0.05) is 18.7 Å². The predicted octanol–water partition coefficient (Wildman–Crippen LogP) is 2.10. The van der Waals surface area contributed by atoms with Gasteiger partial charge in [0.1, 0.15) is 10.3 Å². The van der Waals surface area contributed by atoms with Crippen molar-refractivity contribution >= 4 is 60.0 Å². The molecule has 0 aliphatic heterocycles. The Hall–Kier alpha value is -2.34. The third-order valence-electron chi connectivity index (χ3n) is 3.30. The Morgan fingerprint density at radius 3 is 2.81 bits per heavy atom. The fourth-order valence-corrected chi connectivity index (χ4v) is 4.10. The zero-order valence-electron chi connectivity index (χ0n) is 13.9. The number of fused-ring (bicyclic) bond motifs is 1. The molecular weight excluding hydrogens is 414 g/mol. The number of aliphatic hydroxyl groups is 1. The Morgan fingerprint density at radius 1 is 1.33 bits per heavy atom. The van der Waals surface area contributed by atoms with E-state index in [9.17, 15) is 13.2 Å². The van der Waals surface area contributed by atoms with Crippen LogP contribution in [0.1, 0.15) is 6.92 Å². The Bertz CT molecular complexity index is 1120. The predicted molar refractivity (Wildman–Crippen MR) is 104 cm³/mol. The van der Waals surface area contributed by atoms with Gasteiger partial charge in [0.05, 0.1) is 23.7 Å². The minimum atomic E-state index is -3.74. The number of pyridine rings is 2. The molecule has 9 nitrogen and oxygen atoms in total. The number of nitrogens with one attached hydrogen (secondary N) is 2. The van der Waals surface area contributed by atoms with E-state index < -0.39 is 22.4 Å². The first-order valence-corrected chi connectivity index (χ1v) is 10.4. The van der Waals surface area contributed by atoms with E-state index in [1.165, 1.54) is 30.5 Å². The van der Waals surface area contributed by atoms with Crippen molar-refractivity contribution in [2.24, 2.45) is 0 Å². The molecule has 1 amide bonds. The molecule has 0 saturated heterocycles. The van der Waals surface area contributed by atoms with E-state index >= 15 is 0 Å². The largest absolute Gasteiger partial charge is 0.395 e. The fraction of sp³-hybridized carbons (Fsp3) is 0.200. The van der Waals surface area contributed by atoms with Crippen LogP contribution in [0.3, 0.4) is 0 Å². The quantitative estimate of drug-likeness (QED) is 0.512. The molecule has 3 rings (SSSR count). The lowest BCUT2D eigenvalue weighted by Crippen LogP contribution is -2.19. The number of aromatic nitrogens is 3. The molecule has 0 atom stereocenters. The third-order valence-corrected chi connectivity index (χ3v) is 5.73. The highest BCUT2D eigenvalue weighted by Crippen LogP contribution is 2.30. The van der Waals surface area contributed by atoms with Gasteiger partial charge in [0.15, 0.2) is 10.3 Å². The van der Waals surface area contributed by atoms with Crippen LogP contribution in [-0.2, 0) is 14.8 Å². The number of amides is 1. The molecule has 0 spiro atoms. The number of hydrogen-bond donors (Lipinski definition) is 3. The number of carbonyl (C=O) groups is 1. The number of halogens is 1. The summed E-state index contributed by atoms with van der Waals surface area (Å²) in [5.74, 6) is -0.680. The highest BCUT2D eigenvalue weighted by Gasteiger charge is 2.15. The maximum Gasteiger partial charge on any atom is 0.235 e. The summed E-state index contributed by atoms with van der Waals surface area (Å²) in [4.78, 5) is 24.5. The second-order valence-electron chi connectivity index (χ2n) is 5.43. The van der Waals surface area contributed by atoms with Crippen LogP contribution >= 0.6 is 22.9 Å². The molecule has 3 aromatic rings. The van der Waals surface area contributed by atoms with Crippen LogP contribution in [0.5, 0.6) is 0 Å². The van der Waals surface area contributed by atoms with Gasteiger partial charge >= 0.3 is 0 Å². The van der Waals surface area contributed by atoms with Crippen LogP contribution in [0.15, 0.2) is 24.4 Å². The number of sulfonamides is 1. The molecule has 0 aromatic carbocycles. The lowest BCUT2D eigenvalue weighted by molar-refractivity contribution is -0.114. The highest BCUT2D eigenvalue weighted by molar-refractivity contribution is 7.92. The smallest absolute Gasteiger partial charge is 0.235 e. The fourth-order valence-electron chi connectivity index (χ4n) is 2.18. The number of aliphatic hydroxyl groups excluding tert-OH is 1. The Kier molecular flexibility index (Phi) is 5.56. The van der Waals surface area contributed by atoms with Crippen LogP contribution in [0, 0.1) is 0 Å². The minimum absolute atomic E-state index is 0.0212. The topological polar surface area (TPSA) is 134 Å². The van der Waals surface area contributed by atoms with Crippen molar-refractivity contribution < 1.29 is 18.3 Å². The van der Waals surface area contributed by atoms with Crippen LogP contribution in [-0.4, -0.2) is 46.7 Å². The molecule has 3 aromatic heterocycles. The van der Waals surface area contributed by atoms with Crippen molar-refractivity contribution in [3.05, 3.63) is 29.5 Å². The molecule has 3 heterocycles. The van der Waals surface area contributed by atoms with Gasteiger partial charge in [-0.25, -0.2) is 23.4 Å². The van der Waals surface area contributed by atoms with Gasteiger partial charge in [-0.3, -0.25) is 9.52 Å². The van der Waals surface area contributed by atoms with Crippen LogP contribution in [0.2, 0.25) is 5.15 Å².